The number of hydrogen-bond donors (Lipinski definition) is 1. The van der Waals surface area contributed by atoms with Crippen LogP contribution < -0.4 is 18.5 Å². The first-order valence-corrected chi connectivity index (χ1v) is 17.5. The maximum atomic E-state index is 15.6. The second-order valence-electron chi connectivity index (χ2n) is 12.1. The maximum absolute atomic E-state index is 15.6. The van der Waals surface area contributed by atoms with Crippen LogP contribution in [0.15, 0.2) is 95.9 Å². The number of halogens is 4. The predicted molar refractivity (Wildman–Crippen MR) is 181 cm³/mol. The van der Waals surface area contributed by atoms with Crippen molar-refractivity contribution in [3.63, 3.8) is 0 Å². The monoisotopic (exact) mass is 744 g/mol. The molecule has 2 heterocycles. The highest BCUT2D eigenvalue weighted by atomic mass is 35.5. The van der Waals surface area contributed by atoms with Crippen molar-refractivity contribution >= 4 is 39.2 Å². The molecule has 1 saturated heterocycles. The van der Waals surface area contributed by atoms with Gasteiger partial charge in [-0.3, -0.25) is 14.5 Å². The summed E-state index contributed by atoms with van der Waals surface area (Å²) >= 11 is 6.57. The Labute approximate surface area is 297 Å². The average Bonchev–Trinajstić information content (AvgIpc) is 3.35. The van der Waals surface area contributed by atoms with Crippen molar-refractivity contribution < 1.29 is 50.5 Å². The standard InChI is InChI=1S/C36H32ClF3N2O8S/c1-48-25-15-17-31(30(21-25)50-36(38,39)40)51(46,47)42-28-16-14-24(37)20-27(28)35(32(42)43,26-12-6-7-13-29(26)49-2)41-19-9-8-18-34(41,33(44)45)22-23-10-4-3-5-11-23/h3-7,10-17,20-21H,8-9,18-19,22H2,1-2H3,(H,44,45)/t34-,35?/m0/s1. The van der Waals surface area contributed by atoms with E-state index in [-0.39, 0.29) is 52.7 Å². The van der Waals surface area contributed by atoms with Crippen molar-refractivity contribution in [2.45, 2.75) is 48.0 Å². The van der Waals surface area contributed by atoms with Crippen molar-refractivity contribution in [2.24, 2.45) is 0 Å². The van der Waals surface area contributed by atoms with Crippen molar-refractivity contribution in [2.75, 3.05) is 25.1 Å². The summed E-state index contributed by atoms with van der Waals surface area (Å²) in [6.07, 6.45) is -4.41. The number of methoxy groups -OCH3 is 2. The fraction of sp³-hybridized carbons (Fsp3) is 0.278. The lowest BCUT2D eigenvalue weighted by molar-refractivity contribution is -0.275. The summed E-state index contributed by atoms with van der Waals surface area (Å²) in [4.78, 5) is 29.8. The molecule has 2 atom stereocenters. The Morgan fingerprint density at radius 1 is 0.902 bits per heavy atom. The topological polar surface area (TPSA) is 123 Å². The number of aliphatic carboxylic acids is 1. The molecule has 0 radical (unpaired) electrons. The van der Waals surface area contributed by atoms with E-state index in [1.807, 2.05) is 0 Å². The molecular weight excluding hydrogens is 713 g/mol. The van der Waals surface area contributed by atoms with Crippen LogP contribution in [0.3, 0.4) is 0 Å². The summed E-state index contributed by atoms with van der Waals surface area (Å²) in [6.45, 7) is 0.00767. The molecule has 0 aromatic heterocycles. The third kappa shape index (κ3) is 6.04. The molecule has 15 heteroatoms. The molecule has 51 heavy (non-hydrogen) atoms. The van der Waals surface area contributed by atoms with Crippen molar-refractivity contribution in [1.29, 1.82) is 0 Å². The molecule has 1 amide bonds. The fourth-order valence-electron chi connectivity index (χ4n) is 7.27. The van der Waals surface area contributed by atoms with Crippen LogP contribution in [-0.2, 0) is 31.6 Å². The van der Waals surface area contributed by atoms with Crippen molar-refractivity contribution in [3.05, 3.63) is 113 Å². The molecule has 268 valence electrons. The molecular formula is C36H32ClF3N2O8S. The number of rotatable bonds is 10. The quantitative estimate of drug-likeness (QED) is 0.187. The lowest BCUT2D eigenvalue weighted by Gasteiger charge is -2.52. The number of amides is 1. The van der Waals surface area contributed by atoms with Gasteiger partial charge in [0.2, 0.25) is 0 Å². The predicted octanol–water partition coefficient (Wildman–Crippen LogP) is 6.79. The molecule has 2 aliphatic heterocycles. The number of anilines is 1. The number of alkyl halides is 3. The number of ether oxygens (including phenoxy) is 3. The van der Waals surface area contributed by atoms with Crippen LogP contribution in [0.4, 0.5) is 18.9 Å². The minimum Gasteiger partial charge on any atom is -0.497 e. The van der Waals surface area contributed by atoms with Crippen LogP contribution in [0.2, 0.25) is 5.02 Å². The molecule has 2 aliphatic rings. The van der Waals surface area contributed by atoms with Gasteiger partial charge in [-0.05, 0) is 61.2 Å². The van der Waals surface area contributed by atoms with Crippen LogP contribution in [0, 0.1) is 0 Å². The van der Waals surface area contributed by atoms with E-state index in [1.54, 1.807) is 48.5 Å². The number of hydrogen-bond acceptors (Lipinski definition) is 8. The van der Waals surface area contributed by atoms with E-state index in [0.717, 1.165) is 18.2 Å². The SMILES string of the molecule is COc1ccc(S(=O)(=O)N2C(=O)C(c3ccccc3OC)(N3CCCC[C@]3(Cc3ccccc3)C(=O)O)c3cc(Cl)ccc32)c(OC(F)(F)F)c1. The third-order valence-corrected chi connectivity index (χ3v) is 11.3. The Bertz CT molecular complexity index is 2100. The zero-order valence-electron chi connectivity index (χ0n) is 27.3. The number of carbonyl (C=O) groups is 2. The van der Waals surface area contributed by atoms with E-state index in [2.05, 4.69) is 4.74 Å². The van der Waals surface area contributed by atoms with Crippen LogP contribution >= 0.6 is 11.6 Å². The Hall–Kier alpha value is -4.79. The van der Waals surface area contributed by atoms with Gasteiger partial charge in [-0.1, -0.05) is 60.1 Å². The molecule has 4 aromatic rings. The zero-order chi connectivity index (χ0) is 36.8. The van der Waals surface area contributed by atoms with E-state index in [9.17, 15) is 31.5 Å². The van der Waals surface area contributed by atoms with E-state index in [4.69, 9.17) is 21.1 Å². The first-order chi connectivity index (χ1) is 24.2. The van der Waals surface area contributed by atoms with E-state index in [1.165, 1.54) is 43.4 Å². The van der Waals surface area contributed by atoms with Crippen molar-refractivity contribution in [3.8, 4) is 17.2 Å². The molecule has 0 aliphatic carbocycles. The highest BCUT2D eigenvalue weighted by Crippen LogP contribution is 2.57. The molecule has 6 rings (SSSR count). The largest absolute Gasteiger partial charge is 0.573 e. The molecule has 0 bridgehead atoms. The van der Waals surface area contributed by atoms with Gasteiger partial charge in [0, 0.05) is 35.2 Å². The number of likely N-dealkylation sites (tertiary alicyclic amines) is 1. The molecule has 10 nitrogen and oxygen atoms in total. The number of fused-ring (bicyclic) bond motifs is 1. The first kappa shape index (κ1) is 36.0. The lowest BCUT2D eigenvalue weighted by atomic mass is 9.72. The van der Waals surface area contributed by atoms with Crippen molar-refractivity contribution in [1.82, 2.24) is 4.90 Å². The Kier molecular flexibility index (Phi) is 9.46. The van der Waals surface area contributed by atoms with Gasteiger partial charge in [0.1, 0.15) is 21.9 Å². The molecule has 1 N–H and O–H groups in total. The fourth-order valence-corrected chi connectivity index (χ4v) is 9.00. The highest BCUT2D eigenvalue weighted by Gasteiger charge is 2.66. The second kappa shape index (κ2) is 13.4. The number of nitrogens with zero attached hydrogens (tertiary/aromatic N) is 2. The Balaban J connectivity index is 1.69. The van der Waals surface area contributed by atoms with Gasteiger partial charge in [0.05, 0.1) is 19.9 Å². The number of piperidine rings is 1. The van der Waals surface area contributed by atoms with Gasteiger partial charge in [-0.15, -0.1) is 13.2 Å². The number of benzene rings is 4. The lowest BCUT2D eigenvalue weighted by Crippen LogP contribution is -2.68. The average molecular weight is 745 g/mol. The van der Waals surface area contributed by atoms with E-state index < -0.39 is 50.0 Å². The van der Waals surface area contributed by atoms with Crippen LogP contribution in [-0.4, -0.2) is 63.0 Å². The minimum absolute atomic E-state index is 0.000429. The number of carboxylic acid groups (broad SMARTS) is 1. The summed E-state index contributed by atoms with van der Waals surface area (Å²) in [5, 5.41) is 11.3. The summed E-state index contributed by atoms with van der Waals surface area (Å²) < 4.78 is 85.8. The highest BCUT2D eigenvalue weighted by molar-refractivity contribution is 7.93. The number of carbonyl (C=O) groups excluding carboxylic acids is 1. The van der Waals surface area contributed by atoms with Crippen LogP contribution in [0.1, 0.15) is 36.0 Å². The van der Waals surface area contributed by atoms with E-state index >= 15 is 4.79 Å². The zero-order valence-corrected chi connectivity index (χ0v) is 28.9. The van der Waals surface area contributed by atoms with Gasteiger partial charge < -0.3 is 19.3 Å². The Morgan fingerprint density at radius 2 is 1.61 bits per heavy atom. The van der Waals surface area contributed by atoms with Gasteiger partial charge in [-0.25, -0.2) is 12.7 Å². The second-order valence-corrected chi connectivity index (χ2v) is 14.3. The third-order valence-electron chi connectivity index (χ3n) is 9.33. The maximum Gasteiger partial charge on any atom is 0.573 e. The van der Waals surface area contributed by atoms with Gasteiger partial charge in [-0.2, -0.15) is 0 Å². The first-order valence-electron chi connectivity index (χ1n) is 15.7. The molecule has 4 aromatic carbocycles. The number of sulfonamides is 1. The number of carboxylic acids is 1. The smallest absolute Gasteiger partial charge is 0.497 e. The minimum atomic E-state index is -5.31. The molecule has 0 spiro atoms. The molecule has 0 saturated carbocycles. The summed E-state index contributed by atoms with van der Waals surface area (Å²) in [6, 6.07) is 21.8. The van der Waals surface area contributed by atoms with Crippen LogP contribution in [0.25, 0.3) is 0 Å². The van der Waals surface area contributed by atoms with E-state index in [0.29, 0.717) is 22.7 Å². The normalized spacial score (nSPS) is 20.9. The number of para-hydroxylation sites is 1. The molecule has 1 fully saturated rings. The van der Waals surface area contributed by atoms with Gasteiger partial charge in [0.25, 0.3) is 15.9 Å². The van der Waals surface area contributed by atoms with Crippen LogP contribution in [0.5, 0.6) is 17.2 Å². The van der Waals surface area contributed by atoms with Gasteiger partial charge in [0.15, 0.2) is 11.3 Å². The summed E-state index contributed by atoms with van der Waals surface area (Å²) in [5.74, 6) is -3.57. The van der Waals surface area contributed by atoms with Gasteiger partial charge >= 0.3 is 12.3 Å². The molecule has 1 unspecified atom stereocenters. The Morgan fingerprint density at radius 3 is 2.27 bits per heavy atom. The summed E-state index contributed by atoms with van der Waals surface area (Å²) in [7, 11) is -2.73. The summed E-state index contributed by atoms with van der Waals surface area (Å²) in [5.41, 5.74) is -3.50.